The first-order valence-corrected chi connectivity index (χ1v) is 6.81. The molecule has 0 radical (unpaired) electrons. The predicted molar refractivity (Wildman–Crippen MR) is 77.4 cm³/mol. The lowest BCUT2D eigenvalue weighted by molar-refractivity contribution is 0.256. The molecule has 0 aromatic heterocycles. The van der Waals surface area contributed by atoms with Crippen LogP contribution in [0.5, 0.6) is 5.75 Å². The fourth-order valence-corrected chi connectivity index (χ4v) is 2.54. The van der Waals surface area contributed by atoms with E-state index in [2.05, 4.69) is 48.6 Å². The van der Waals surface area contributed by atoms with Crippen LogP contribution in [0.15, 0.2) is 48.5 Å². The van der Waals surface area contributed by atoms with E-state index in [1.54, 1.807) is 0 Å². The topological polar surface area (TPSA) is 21.3 Å². The maximum Gasteiger partial charge on any atom is 0.119 e. The smallest absolute Gasteiger partial charge is 0.119 e. The van der Waals surface area contributed by atoms with Crippen molar-refractivity contribution in [2.24, 2.45) is 0 Å². The van der Waals surface area contributed by atoms with E-state index in [0.717, 1.165) is 25.3 Å². The zero-order chi connectivity index (χ0) is 13.1. The molecule has 1 unspecified atom stereocenters. The third-order valence-corrected chi connectivity index (χ3v) is 3.61. The lowest BCUT2D eigenvalue weighted by Gasteiger charge is -2.26. The average Bonchev–Trinajstić information content (AvgIpc) is 2.45. The molecule has 2 aromatic carbocycles. The minimum atomic E-state index is 0.399. The Morgan fingerprint density at radius 2 is 1.95 bits per heavy atom. The molecule has 2 nitrogen and oxygen atoms in total. The molecule has 0 bridgehead atoms. The summed E-state index contributed by atoms with van der Waals surface area (Å²) in [5.74, 6) is 0.959. The van der Waals surface area contributed by atoms with E-state index in [4.69, 9.17) is 4.74 Å². The number of rotatable bonds is 3. The molecule has 2 aromatic rings. The average molecular weight is 253 g/mol. The van der Waals surface area contributed by atoms with Gasteiger partial charge in [-0.15, -0.1) is 0 Å². The van der Waals surface area contributed by atoms with Crippen molar-refractivity contribution in [1.82, 2.24) is 5.32 Å². The van der Waals surface area contributed by atoms with Crippen molar-refractivity contribution in [3.05, 3.63) is 65.2 Å². The van der Waals surface area contributed by atoms with E-state index >= 15 is 0 Å². The van der Waals surface area contributed by atoms with Crippen molar-refractivity contribution in [1.29, 1.82) is 0 Å². The Balaban J connectivity index is 1.61. The van der Waals surface area contributed by atoms with Gasteiger partial charge in [0.25, 0.3) is 0 Å². The van der Waals surface area contributed by atoms with Crippen LogP contribution in [0.4, 0.5) is 0 Å². The van der Waals surface area contributed by atoms with Gasteiger partial charge in [0.15, 0.2) is 0 Å². The molecule has 3 rings (SSSR count). The van der Waals surface area contributed by atoms with Crippen LogP contribution < -0.4 is 10.1 Å². The van der Waals surface area contributed by atoms with Gasteiger partial charge in [0.2, 0.25) is 0 Å². The number of fused-ring (bicyclic) bond motifs is 1. The summed E-state index contributed by atoms with van der Waals surface area (Å²) in [5.41, 5.74) is 4.09. The van der Waals surface area contributed by atoms with Crippen molar-refractivity contribution in [2.75, 3.05) is 6.61 Å². The van der Waals surface area contributed by atoms with E-state index in [-0.39, 0.29) is 0 Å². The third kappa shape index (κ3) is 2.96. The van der Waals surface area contributed by atoms with Crippen molar-refractivity contribution in [3.63, 3.8) is 0 Å². The number of hydrogen-bond donors (Lipinski definition) is 1. The minimum absolute atomic E-state index is 0.399. The van der Waals surface area contributed by atoms with Crippen LogP contribution in [0, 0.1) is 6.92 Å². The number of ether oxygens (including phenoxy) is 1. The molecular weight excluding hydrogens is 234 g/mol. The molecule has 19 heavy (non-hydrogen) atoms. The second kappa shape index (κ2) is 5.45. The largest absolute Gasteiger partial charge is 0.492 e. The van der Waals surface area contributed by atoms with E-state index in [1.165, 1.54) is 16.7 Å². The summed E-state index contributed by atoms with van der Waals surface area (Å²) in [5, 5.41) is 3.54. The number of benzene rings is 2. The molecule has 1 atom stereocenters. The van der Waals surface area contributed by atoms with Crippen LogP contribution in [0.1, 0.15) is 16.7 Å². The first-order chi connectivity index (χ1) is 9.31. The SMILES string of the molecule is Cc1cccc(OCC2Cc3ccccc3CN2)c1. The number of aryl methyl sites for hydroxylation is 1. The minimum Gasteiger partial charge on any atom is -0.492 e. The van der Waals surface area contributed by atoms with Gasteiger partial charge >= 0.3 is 0 Å². The van der Waals surface area contributed by atoms with Gasteiger partial charge in [-0.3, -0.25) is 0 Å². The number of hydrogen-bond acceptors (Lipinski definition) is 2. The third-order valence-electron chi connectivity index (χ3n) is 3.61. The molecule has 0 saturated carbocycles. The van der Waals surface area contributed by atoms with Crippen LogP contribution in [-0.2, 0) is 13.0 Å². The summed E-state index contributed by atoms with van der Waals surface area (Å²) in [6.07, 6.45) is 1.04. The zero-order valence-corrected chi connectivity index (χ0v) is 11.2. The second-order valence-electron chi connectivity index (χ2n) is 5.18. The van der Waals surface area contributed by atoms with Gasteiger partial charge in [-0.2, -0.15) is 0 Å². The summed E-state index contributed by atoms with van der Waals surface area (Å²) >= 11 is 0. The Labute approximate surface area is 114 Å². The van der Waals surface area contributed by atoms with Crippen LogP contribution in [0.3, 0.4) is 0 Å². The van der Waals surface area contributed by atoms with E-state index in [1.807, 2.05) is 12.1 Å². The lowest BCUT2D eigenvalue weighted by atomic mass is 9.96. The quantitative estimate of drug-likeness (QED) is 0.907. The molecule has 1 aliphatic rings. The highest BCUT2D eigenvalue weighted by Gasteiger charge is 2.17. The zero-order valence-electron chi connectivity index (χ0n) is 11.2. The molecule has 2 heteroatoms. The highest BCUT2D eigenvalue weighted by Crippen LogP contribution is 2.18. The van der Waals surface area contributed by atoms with Crippen LogP contribution in [-0.4, -0.2) is 12.6 Å². The first kappa shape index (κ1) is 12.2. The van der Waals surface area contributed by atoms with Crippen molar-refractivity contribution in [2.45, 2.75) is 25.9 Å². The van der Waals surface area contributed by atoms with E-state index in [0.29, 0.717) is 6.04 Å². The fraction of sp³-hybridized carbons (Fsp3) is 0.294. The van der Waals surface area contributed by atoms with Gasteiger partial charge in [-0.1, -0.05) is 36.4 Å². The van der Waals surface area contributed by atoms with E-state index in [9.17, 15) is 0 Å². The predicted octanol–water partition coefficient (Wildman–Crippen LogP) is 3.09. The van der Waals surface area contributed by atoms with E-state index < -0.39 is 0 Å². The van der Waals surface area contributed by atoms with Gasteiger partial charge in [0.1, 0.15) is 12.4 Å². The maximum atomic E-state index is 5.88. The highest BCUT2D eigenvalue weighted by molar-refractivity contribution is 5.30. The van der Waals surface area contributed by atoms with Crippen LogP contribution >= 0.6 is 0 Å². The summed E-state index contributed by atoms with van der Waals surface area (Å²) in [6, 6.07) is 17.2. The Morgan fingerprint density at radius 1 is 1.11 bits per heavy atom. The van der Waals surface area contributed by atoms with Crippen molar-refractivity contribution < 1.29 is 4.74 Å². The molecule has 0 fully saturated rings. The summed E-state index contributed by atoms with van der Waals surface area (Å²) in [7, 11) is 0. The molecule has 0 amide bonds. The maximum absolute atomic E-state index is 5.88. The van der Waals surface area contributed by atoms with Gasteiger partial charge < -0.3 is 10.1 Å². The Kier molecular flexibility index (Phi) is 3.51. The molecule has 1 aliphatic heterocycles. The summed E-state index contributed by atoms with van der Waals surface area (Å²) in [6.45, 7) is 3.75. The molecule has 0 spiro atoms. The standard InChI is InChI=1S/C17H19NO/c1-13-5-4-8-17(9-13)19-12-16-10-14-6-2-3-7-15(14)11-18-16/h2-9,16,18H,10-12H2,1H3. The van der Waals surface area contributed by atoms with Crippen molar-refractivity contribution in [3.8, 4) is 5.75 Å². The molecule has 0 aliphatic carbocycles. The van der Waals surface area contributed by atoms with Gasteiger partial charge in [-0.05, 0) is 42.2 Å². The highest BCUT2D eigenvalue weighted by atomic mass is 16.5. The van der Waals surface area contributed by atoms with Gasteiger partial charge in [0, 0.05) is 12.6 Å². The van der Waals surface area contributed by atoms with Gasteiger partial charge in [-0.25, -0.2) is 0 Å². The Hall–Kier alpha value is -1.80. The summed E-state index contributed by atoms with van der Waals surface area (Å²) < 4.78 is 5.88. The summed E-state index contributed by atoms with van der Waals surface area (Å²) in [4.78, 5) is 0. The van der Waals surface area contributed by atoms with Gasteiger partial charge in [0.05, 0.1) is 0 Å². The fourth-order valence-electron chi connectivity index (χ4n) is 2.54. The molecule has 1 N–H and O–H groups in total. The Morgan fingerprint density at radius 3 is 2.79 bits per heavy atom. The monoisotopic (exact) mass is 253 g/mol. The lowest BCUT2D eigenvalue weighted by Crippen LogP contribution is -2.39. The molecule has 0 saturated heterocycles. The molecule has 1 heterocycles. The van der Waals surface area contributed by atoms with Crippen LogP contribution in [0.2, 0.25) is 0 Å². The normalized spacial score (nSPS) is 17.8. The molecular formula is C17H19NO. The Bertz CT molecular complexity index is 565. The number of nitrogens with one attached hydrogen (secondary N) is 1. The second-order valence-corrected chi connectivity index (χ2v) is 5.18. The van der Waals surface area contributed by atoms with Crippen molar-refractivity contribution >= 4 is 0 Å². The first-order valence-electron chi connectivity index (χ1n) is 6.81. The van der Waals surface area contributed by atoms with Crippen LogP contribution in [0.25, 0.3) is 0 Å². The molecule has 98 valence electrons.